The summed E-state index contributed by atoms with van der Waals surface area (Å²) in [6.07, 6.45) is 2.41. The van der Waals surface area contributed by atoms with Crippen molar-refractivity contribution in [2.45, 2.75) is 38.8 Å². The Morgan fingerprint density at radius 2 is 1.00 bits per heavy atom. The Bertz CT molecular complexity index is 221. The van der Waals surface area contributed by atoms with Crippen molar-refractivity contribution in [2.24, 2.45) is 11.8 Å². The molecule has 0 saturated heterocycles. The molecule has 0 saturated carbocycles. The lowest BCUT2D eigenvalue weighted by Crippen LogP contribution is -2.20. The van der Waals surface area contributed by atoms with Gasteiger partial charge in [-0.05, 0) is 36.8 Å². The van der Waals surface area contributed by atoms with E-state index in [1.165, 1.54) is 24.3 Å². The largest absolute Gasteiger partial charge is 0.400 e. The van der Waals surface area contributed by atoms with Gasteiger partial charge in [0.25, 0.3) is 0 Å². The minimum Gasteiger partial charge on any atom is -0.400 e. The molecule has 4 nitrogen and oxygen atoms in total. The first-order valence-corrected chi connectivity index (χ1v) is 13.9. The number of hydrogen-bond acceptors (Lipinski definition) is 6. The lowest BCUT2D eigenvalue weighted by Gasteiger charge is -2.16. The van der Waals surface area contributed by atoms with Crippen molar-refractivity contribution in [1.82, 2.24) is 0 Å². The van der Waals surface area contributed by atoms with E-state index in [0.717, 1.165) is 23.9 Å². The van der Waals surface area contributed by atoms with Crippen LogP contribution in [-0.4, -0.2) is 58.5 Å². The summed E-state index contributed by atoms with van der Waals surface area (Å²) >= 11 is 0. The second-order valence-corrected chi connectivity index (χ2v) is 13.0. The normalized spacial score (nSPS) is 14.7. The predicted molar refractivity (Wildman–Crippen MR) is 104 cm³/mol. The lowest BCUT2D eigenvalue weighted by molar-refractivity contribution is 0.274. The first-order chi connectivity index (χ1) is 10.6. The first kappa shape index (κ1) is 23.0. The third-order valence-corrected chi connectivity index (χ3v) is 10.2. The smallest absolute Gasteiger partial charge is 0.320 e. The van der Waals surface area contributed by atoms with Gasteiger partial charge < -0.3 is 17.7 Å². The number of hydrogen-bond donors (Lipinski definition) is 0. The number of rotatable bonds is 15. The standard InChI is InChI=1S/C14H34O4S2Si2/c1-13(7-9-21(15-3)16-4)11-19-20-12-14(2)8-10-22(17-5)18-6/h13-14,21-22H,7-12H2,1-6H3. The molecule has 2 unspecified atom stereocenters. The quantitative estimate of drug-likeness (QED) is 0.244. The van der Waals surface area contributed by atoms with Crippen molar-refractivity contribution < 1.29 is 17.7 Å². The Morgan fingerprint density at radius 1 is 0.682 bits per heavy atom. The van der Waals surface area contributed by atoms with E-state index in [1.807, 2.05) is 21.6 Å². The van der Waals surface area contributed by atoms with Gasteiger partial charge in [0, 0.05) is 39.9 Å². The van der Waals surface area contributed by atoms with Crippen molar-refractivity contribution in [3.8, 4) is 0 Å². The molecule has 0 aromatic carbocycles. The average Bonchev–Trinajstić information content (AvgIpc) is 2.53. The summed E-state index contributed by atoms with van der Waals surface area (Å²) in [5.74, 6) is 3.87. The summed E-state index contributed by atoms with van der Waals surface area (Å²) in [5.41, 5.74) is 0. The van der Waals surface area contributed by atoms with Gasteiger partial charge in [-0.25, -0.2) is 0 Å². The molecule has 0 bridgehead atoms. The molecule has 0 spiro atoms. The van der Waals surface area contributed by atoms with E-state index < -0.39 is 18.6 Å². The second-order valence-electron chi connectivity index (χ2n) is 5.74. The van der Waals surface area contributed by atoms with Crippen molar-refractivity contribution >= 4 is 40.2 Å². The lowest BCUT2D eigenvalue weighted by atomic mass is 10.2. The van der Waals surface area contributed by atoms with Crippen LogP contribution < -0.4 is 0 Å². The molecular weight excluding hydrogens is 352 g/mol. The van der Waals surface area contributed by atoms with E-state index in [9.17, 15) is 0 Å². The highest BCUT2D eigenvalue weighted by molar-refractivity contribution is 8.76. The summed E-state index contributed by atoms with van der Waals surface area (Å²) in [4.78, 5) is 0. The topological polar surface area (TPSA) is 36.9 Å². The highest BCUT2D eigenvalue weighted by Gasteiger charge is 2.14. The predicted octanol–water partition coefficient (Wildman–Crippen LogP) is 3.45. The molecule has 134 valence electrons. The summed E-state index contributed by atoms with van der Waals surface area (Å²) in [5, 5.41) is 0. The van der Waals surface area contributed by atoms with E-state index >= 15 is 0 Å². The van der Waals surface area contributed by atoms with E-state index in [1.54, 1.807) is 28.4 Å². The van der Waals surface area contributed by atoms with Crippen molar-refractivity contribution in [1.29, 1.82) is 0 Å². The van der Waals surface area contributed by atoms with Gasteiger partial charge in [0.15, 0.2) is 0 Å². The maximum absolute atomic E-state index is 5.36. The molecule has 0 amide bonds. The summed E-state index contributed by atoms with van der Waals surface area (Å²) in [6.45, 7) is 4.64. The zero-order valence-corrected chi connectivity index (χ0v) is 18.9. The third kappa shape index (κ3) is 12.4. The zero-order chi connectivity index (χ0) is 16.8. The van der Waals surface area contributed by atoms with Gasteiger partial charge in [0.1, 0.15) is 0 Å². The summed E-state index contributed by atoms with van der Waals surface area (Å²) in [7, 11) is 8.31. The molecular formula is C14H34O4S2Si2. The summed E-state index contributed by atoms with van der Waals surface area (Å²) in [6, 6.07) is 2.21. The van der Waals surface area contributed by atoms with Gasteiger partial charge in [0.05, 0.1) is 0 Å². The average molecular weight is 387 g/mol. The van der Waals surface area contributed by atoms with Crippen LogP contribution in [0.15, 0.2) is 0 Å². The molecule has 0 rings (SSSR count). The highest BCUT2D eigenvalue weighted by atomic mass is 33.1. The molecule has 8 heteroatoms. The molecule has 0 aliphatic rings. The van der Waals surface area contributed by atoms with Crippen LogP contribution in [0.3, 0.4) is 0 Å². The second kappa shape index (κ2) is 15.5. The fourth-order valence-electron chi connectivity index (χ4n) is 2.00. The summed E-state index contributed by atoms with van der Waals surface area (Å²) < 4.78 is 21.4. The van der Waals surface area contributed by atoms with Crippen LogP contribution in [-0.2, 0) is 17.7 Å². The van der Waals surface area contributed by atoms with Crippen molar-refractivity contribution in [3.05, 3.63) is 0 Å². The van der Waals surface area contributed by atoms with Crippen LogP contribution in [0.4, 0.5) is 0 Å². The molecule has 2 atom stereocenters. The molecule has 22 heavy (non-hydrogen) atoms. The van der Waals surface area contributed by atoms with E-state index in [-0.39, 0.29) is 0 Å². The van der Waals surface area contributed by atoms with Gasteiger partial charge >= 0.3 is 18.6 Å². The first-order valence-electron chi connectivity index (χ1n) is 7.92. The van der Waals surface area contributed by atoms with Gasteiger partial charge in [-0.1, -0.05) is 35.4 Å². The minimum atomic E-state index is -1.37. The van der Waals surface area contributed by atoms with Crippen LogP contribution in [0.5, 0.6) is 0 Å². The zero-order valence-electron chi connectivity index (χ0n) is 15.0. The Morgan fingerprint density at radius 3 is 1.27 bits per heavy atom. The Kier molecular flexibility index (Phi) is 16.2. The van der Waals surface area contributed by atoms with Gasteiger partial charge in [-0.2, -0.15) is 0 Å². The third-order valence-electron chi connectivity index (χ3n) is 3.63. The SMILES string of the molecule is CO[SiH](CCC(C)CSSCC(C)CC[SiH](OC)OC)OC. The fourth-order valence-corrected chi connectivity index (χ4v) is 7.97. The Hall–Kier alpha value is 0.974. The van der Waals surface area contributed by atoms with E-state index in [4.69, 9.17) is 17.7 Å². The molecule has 0 aromatic heterocycles. The van der Waals surface area contributed by atoms with Crippen LogP contribution >= 0.6 is 21.6 Å². The molecule has 0 heterocycles. The maximum atomic E-state index is 5.36. The fraction of sp³-hybridized carbons (Fsp3) is 1.00. The van der Waals surface area contributed by atoms with Gasteiger partial charge in [-0.15, -0.1) is 0 Å². The van der Waals surface area contributed by atoms with Crippen LogP contribution in [0.2, 0.25) is 12.1 Å². The van der Waals surface area contributed by atoms with Crippen molar-refractivity contribution in [3.63, 3.8) is 0 Å². The monoisotopic (exact) mass is 386 g/mol. The molecule has 0 N–H and O–H groups in total. The van der Waals surface area contributed by atoms with E-state index in [2.05, 4.69) is 13.8 Å². The van der Waals surface area contributed by atoms with E-state index in [0.29, 0.717) is 0 Å². The minimum absolute atomic E-state index is 0.729. The van der Waals surface area contributed by atoms with Crippen LogP contribution in [0.25, 0.3) is 0 Å². The Labute approximate surface area is 148 Å². The molecule has 0 aliphatic heterocycles. The van der Waals surface area contributed by atoms with Crippen LogP contribution in [0, 0.1) is 11.8 Å². The molecule has 0 radical (unpaired) electrons. The molecule has 0 aliphatic carbocycles. The van der Waals surface area contributed by atoms with Gasteiger partial charge in [-0.3, -0.25) is 0 Å². The maximum Gasteiger partial charge on any atom is 0.320 e. The van der Waals surface area contributed by atoms with Crippen molar-refractivity contribution in [2.75, 3.05) is 39.9 Å². The van der Waals surface area contributed by atoms with Gasteiger partial charge in [0.2, 0.25) is 0 Å². The van der Waals surface area contributed by atoms with Crippen LogP contribution in [0.1, 0.15) is 26.7 Å². The highest BCUT2D eigenvalue weighted by Crippen LogP contribution is 2.29. The molecule has 0 aromatic rings. The Balaban J connectivity index is 3.58. The molecule has 0 fully saturated rings.